The van der Waals surface area contributed by atoms with Gasteiger partial charge in [-0.3, -0.25) is 4.21 Å². The summed E-state index contributed by atoms with van der Waals surface area (Å²) in [7, 11) is 1.29. The van der Waals surface area contributed by atoms with Crippen LogP contribution in [0.5, 0.6) is 0 Å². The van der Waals surface area contributed by atoms with Crippen LogP contribution in [0.2, 0.25) is 0 Å². The molecule has 1 N–H and O–H groups in total. The van der Waals surface area contributed by atoms with E-state index in [0.717, 1.165) is 12.8 Å². The molecular formula is C14H21NOS. The molecule has 0 radical (unpaired) electrons. The first-order valence-electron chi connectivity index (χ1n) is 6.38. The molecular weight excluding hydrogens is 230 g/mol. The molecule has 0 bridgehead atoms. The Morgan fingerprint density at radius 2 is 2.06 bits per heavy atom. The van der Waals surface area contributed by atoms with Crippen molar-refractivity contribution in [2.45, 2.75) is 42.7 Å². The molecule has 0 heterocycles. The summed E-state index contributed by atoms with van der Waals surface area (Å²) < 4.78 is 12.3. The minimum absolute atomic E-state index is 0.376. The summed E-state index contributed by atoms with van der Waals surface area (Å²) in [5.41, 5.74) is 1.19. The second kappa shape index (κ2) is 6.31. The summed E-state index contributed by atoms with van der Waals surface area (Å²) in [6, 6.07) is 10.7. The number of nitrogens with one attached hydrogen (secondary N) is 1. The second-order valence-electron chi connectivity index (χ2n) is 4.78. The van der Waals surface area contributed by atoms with Crippen LogP contribution >= 0.6 is 0 Å². The lowest BCUT2D eigenvalue weighted by molar-refractivity contribution is 0.398. The van der Waals surface area contributed by atoms with Crippen LogP contribution in [0, 0.1) is 0 Å². The van der Waals surface area contributed by atoms with Crippen LogP contribution in [0.1, 0.15) is 31.2 Å². The van der Waals surface area contributed by atoms with E-state index in [9.17, 15) is 4.21 Å². The van der Waals surface area contributed by atoms with Crippen molar-refractivity contribution in [3.8, 4) is 0 Å². The number of benzene rings is 1. The maximum absolute atomic E-state index is 12.3. The molecule has 3 atom stereocenters. The summed E-state index contributed by atoms with van der Waals surface area (Å²) in [6.07, 6.45) is 4.62. The highest BCUT2D eigenvalue weighted by Gasteiger charge is 2.25. The van der Waals surface area contributed by atoms with Crippen LogP contribution in [0.25, 0.3) is 0 Å². The van der Waals surface area contributed by atoms with Crippen molar-refractivity contribution < 1.29 is 4.21 Å². The SMILES string of the molecule is CNC1CCCC(S(=O)Cc2ccccc2)C1. The Morgan fingerprint density at radius 1 is 1.29 bits per heavy atom. The van der Waals surface area contributed by atoms with Gasteiger partial charge < -0.3 is 5.32 Å². The molecule has 0 spiro atoms. The molecule has 0 amide bonds. The summed E-state index contributed by atoms with van der Waals surface area (Å²) in [4.78, 5) is 0. The van der Waals surface area contributed by atoms with E-state index in [4.69, 9.17) is 0 Å². The second-order valence-corrected chi connectivity index (χ2v) is 6.50. The largest absolute Gasteiger partial charge is 0.317 e. The molecule has 1 fully saturated rings. The van der Waals surface area contributed by atoms with Gasteiger partial charge in [-0.1, -0.05) is 36.8 Å². The smallest absolute Gasteiger partial charge is 0.0488 e. The Labute approximate surface area is 106 Å². The van der Waals surface area contributed by atoms with Crippen LogP contribution in [-0.4, -0.2) is 22.5 Å². The summed E-state index contributed by atoms with van der Waals surface area (Å²) >= 11 is 0. The zero-order chi connectivity index (χ0) is 12.1. The van der Waals surface area contributed by atoms with Gasteiger partial charge in [-0.2, -0.15) is 0 Å². The number of hydrogen-bond donors (Lipinski definition) is 1. The minimum Gasteiger partial charge on any atom is -0.317 e. The van der Waals surface area contributed by atoms with Crippen molar-refractivity contribution in [2.24, 2.45) is 0 Å². The molecule has 1 aliphatic carbocycles. The van der Waals surface area contributed by atoms with E-state index in [1.807, 2.05) is 25.2 Å². The third-order valence-corrected chi connectivity index (χ3v) is 5.35. The topological polar surface area (TPSA) is 29.1 Å². The first-order chi connectivity index (χ1) is 8.29. The molecule has 2 nitrogen and oxygen atoms in total. The van der Waals surface area contributed by atoms with E-state index in [1.54, 1.807) is 0 Å². The van der Waals surface area contributed by atoms with E-state index in [1.165, 1.54) is 18.4 Å². The Balaban J connectivity index is 1.91. The van der Waals surface area contributed by atoms with Gasteiger partial charge in [0.05, 0.1) is 0 Å². The summed E-state index contributed by atoms with van der Waals surface area (Å²) in [5.74, 6) is 0.710. The minimum atomic E-state index is -0.720. The Hall–Kier alpha value is -0.670. The first-order valence-corrected chi connectivity index (χ1v) is 7.76. The molecule has 0 saturated heterocycles. The molecule has 0 aromatic heterocycles. The van der Waals surface area contributed by atoms with E-state index < -0.39 is 10.8 Å². The normalized spacial score (nSPS) is 26.6. The molecule has 0 aliphatic heterocycles. The Kier molecular flexibility index (Phi) is 4.75. The average Bonchev–Trinajstić information content (AvgIpc) is 2.40. The van der Waals surface area contributed by atoms with Crippen molar-refractivity contribution in [3.63, 3.8) is 0 Å². The van der Waals surface area contributed by atoms with Crippen molar-refractivity contribution in [2.75, 3.05) is 7.05 Å². The maximum atomic E-state index is 12.3. The standard InChI is InChI=1S/C14H21NOS/c1-15-13-8-5-9-14(10-13)17(16)11-12-6-3-2-4-7-12/h2-4,6-7,13-15H,5,8-11H2,1H3. The first kappa shape index (κ1) is 12.8. The highest BCUT2D eigenvalue weighted by atomic mass is 32.2. The Bertz CT molecular complexity index is 366. The van der Waals surface area contributed by atoms with Gasteiger partial charge in [0.2, 0.25) is 0 Å². The molecule has 3 unspecified atom stereocenters. The third kappa shape index (κ3) is 3.65. The summed E-state index contributed by atoms with van der Waals surface area (Å²) in [6.45, 7) is 0. The third-order valence-electron chi connectivity index (χ3n) is 3.56. The van der Waals surface area contributed by atoms with Gasteiger partial charge in [0, 0.05) is 27.8 Å². The monoisotopic (exact) mass is 251 g/mol. The van der Waals surface area contributed by atoms with Gasteiger partial charge in [0.15, 0.2) is 0 Å². The molecule has 2 rings (SSSR count). The maximum Gasteiger partial charge on any atom is 0.0488 e. The highest BCUT2D eigenvalue weighted by molar-refractivity contribution is 7.84. The molecule has 1 aliphatic rings. The molecule has 17 heavy (non-hydrogen) atoms. The van der Waals surface area contributed by atoms with Crippen molar-refractivity contribution in [1.82, 2.24) is 5.32 Å². The zero-order valence-electron chi connectivity index (χ0n) is 10.4. The predicted octanol–water partition coefficient (Wildman–Crippen LogP) is 2.47. The highest BCUT2D eigenvalue weighted by Crippen LogP contribution is 2.24. The number of hydrogen-bond acceptors (Lipinski definition) is 2. The van der Waals surface area contributed by atoms with Gasteiger partial charge in [-0.25, -0.2) is 0 Å². The lowest BCUT2D eigenvalue weighted by atomic mass is 9.95. The van der Waals surface area contributed by atoms with E-state index in [2.05, 4.69) is 17.4 Å². The lowest BCUT2D eigenvalue weighted by Gasteiger charge is -2.28. The van der Waals surface area contributed by atoms with Crippen molar-refractivity contribution in [1.29, 1.82) is 0 Å². The van der Waals surface area contributed by atoms with E-state index in [-0.39, 0.29) is 0 Å². The van der Waals surface area contributed by atoms with Gasteiger partial charge in [-0.05, 0) is 31.9 Å². The number of rotatable bonds is 4. The molecule has 1 aromatic carbocycles. The van der Waals surface area contributed by atoms with E-state index in [0.29, 0.717) is 17.0 Å². The van der Waals surface area contributed by atoms with Gasteiger partial charge in [0.1, 0.15) is 0 Å². The Morgan fingerprint density at radius 3 is 2.76 bits per heavy atom. The van der Waals surface area contributed by atoms with E-state index >= 15 is 0 Å². The molecule has 1 aromatic rings. The fourth-order valence-electron chi connectivity index (χ4n) is 2.50. The van der Waals surface area contributed by atoms with Crippen molar-refractivity contribution in [3.05, 3.63) is 35.9 Å². The van der Waals surface area contributed by atoms with Crippen LogP contribution < -0.4 is 5.32 Å². The van der Waals surface area contributed by atoms with Crippen LogP contribution in [0.4, 0.5) is 0 Å². The van der Waals surface area contributed by atoms with Crippen LogP contribution in [-0.2, 0) is 16.6 Å². The van der Waals surface area contributed by atoms with Crippen molar-refractivity contribution >= 4 is 10.8 Å². The summed E-state index contributed by atoms with van der Waals surface area (Å²) in [5, 5.41) is 3.69. The average molecular weight is 251 g/mol. The molecule has 94 valence electrons. The van der Waals surface area contributed by atoms with Gasteiger partial charge in [-0.15, -0.1) is 0 Å². The fraction of sp³-hybridized carbons (Fsp3) is 0.571. The molecule has 1 saturated carbocycles. The molecule has 3 heteroatoms. The van der Waals surface area contributed by atoms with Crippen LogP contribution in [0.15, 0.2) is 30.3 Å². The quantitative estimate of drug-likeness (QED) is 0.890. The van der Waals surface area contributed by atoms with Gasteiger partial charge >= 0.3 is 0 Å². The van der Waals surface area contributed by atoms with Crippen LogP contribution in [0.3, 0.4) is 0 Å². The zero-order valence-corrected chi connectivity index (χ0v) is 11.2. The lowest BCUT2D eigenvalue weighted by Crippen LogP contribution is -2.35. The predicted molar refractivity (Wildman–Crippen MR) is 73.4 cm³/mol. The van der Waals surface area contributed by atoms with Gasteiger partial charge in [0.25, 0.3) is 0 Å². The fourth-order valence-corrected chi connectivity index (χ4v) is 4.14.